The molecular formula is C19H24N+. The van der Waals surface area contributed by atoms with Gasteiger partial charge < -0.3 is 0 Å². The quantitative estimate of drug-likeness (QED) is 0.562. The molecule has 1 aliphatic carbocycles. The molecule has 0 aromatic heterocycles. The highest BCUT2D eigenvalue weighted by Crippen LogP contribution is 2.28. The molecule has 0 radical (unpaired) electrons. The highest BCUT2D eigenvalue weighted by Gasteiger charge is 2.26. The van der Waals surface area contributed by atoms with Gasteiger partial charge in [0.2, 0.25) is 0 Å². The molecule has 1 aromatic carbocycles. The van der Waals surface area contributed by atoms with E-state index in [1.54, 1.807) is 5.57 Å². The molecule has 0 spiro atoms. The van der Waals surface area contributed by atoms with Gasteiger partial charge in [-0.2, -0.15) is 0 Å². The summed E-state index contributed by atoms with van der Waals surface area (Å²) in [5.74, 6) is 0. The van der Waals surface area contributed by atoms with Gasteiger partial charge in [-0.05, 0) is 55.4 Å². The van der Waals surface area contributed by atoms with E-state index >= 15 is 0 Å². The summed E-state index contributed by atoms with van der Waals surface area (Å²) >= 11 is 0. The summed E-state index contributed by atoms with van der Waals surface area (Å²) in [5.41, 5.74) is 4.48. The summed E-state index contributed by atoms with van der Waals surface area (Å²) in [7, 11) is 0. The van der Waals surface area contributed by atoms with Crippen LogP contribution in [0, 0.1) is 0 Å². The zero-order valence-electron chi connectivity index (χ0n) is 12.4. The lowest BCUT2D eigenvalue weighted by Crippen LogP contribution is -2.31. The van der Waals surface area contributed by atoms with Crippen molar-refractivity contribution in [1.82, 2.24) is 0 Å². The van der Waals surface area contributed by atoms with Crippen molar-refractivity contribution in [2.75, 3.05) is 6.54 Å². The molecule has 1 heteroatoms. The van der Waals surface area contributed by atoms with Crippen molar-refractivity contribution in [2.24, 2.45) is 0 Å². The Kier molecular flexibility index (Phi) is 4.15. The number of hydrogen-bond acceptors (Lipinski definition) is 0. The molecule has 0 saturated carbocycles. The molecule has 1 aliphatic heterocycles. The zero-order chi connectivity index (χ0) is 13.8. The number of allylic oxidation sites excluding steroid dienone is 2. The van der Waals surface area contributed by atoms with E-state index in [0.717, 1.165) is 13.0 Å². The first kappa shape index (κ1) is 13.4. The fraction of sp³-hybridized carbons (Fsp3) is 0.421. The Bertz CT molecular complexity index is 548. The van der Waals surface area contributed by atoms with E-state index in [0.29, 0.717) is 6.04 Å². The minimum Gasteiger partial charge on any atom is -0.229 e. The van der Waals surface area contributed by atoms with Gasteiger partial charge >= 0.3 is 0 Å². The number of likely N-dealkylation sites (N-methyl/N-ethyl adjacent to an activating group) is 1. The standard InChI is InChI=1S/C19H24N/c1-2-20-14-13-18(16-9-5-3-6-10-16)15-19(20)17-11-7-4-8-12-17/h3,5-6,9-11,14-15,19H,2,4,7-8,12-13H2,1H3/q+1. The van der Waals surface area contributed by atoms with Crippen LogP contribution in [0.1, 0.15) is 44.6 Å². The normalized spacial score (nSPS) is 22.9. The average molecular weight is 266 g/mol. The molecule has 2 aliphatic rings. The molecule has 1 aromatic rings. The molecule has 20 heavy (non-hydrogen) atoms. The molecule has 1 atom stereocenters. The third kappa shape index (κ3) is 2.77. The minimum atomic E-state index is 0.490. The van der Waals surface area contributed by atoms with E-state index in [4.69, 9.17) is 0 Å². The third-order valence-corrected chi connectivity index (χ3v) is 4.48. The van der Waals surface area contributed by atoms with Crippen molar-refractivity contribution >= 4 is 11.8 Å². The maximum Gasteiger partial charge on any atom is 0.192 e. The lowest BCUT2D eigenvalue weighted by Gasteiger charge is -2.23. The Morgan fingerprint density at radius 2 is 2.00 bits per heavy atom. The first-order valence-electron chi connectivity index (χ1n) is 7.92. The molecule has 0 bridgehead atoms. The van der Waals surface area contributed by atoms with E-state index in [2.05, 4.69) is 60.2 Å². The van der Waals surface area contributed by atoms with Crippen LogP contribution < -0.4 is 0 Å². The zero-order valence-corrected chi connectivity index (χ0v) is 12.4. The second kappa shape index (κ2) is 6.21. The first-order chi connectivity index (χ1) is 9.88. The van der Waals surface area contributed by atoms with Gasteiger partial charge in [-0.15, -0.1) is 0 Å². The Balaban J connectivity index is 1.91. The maximum absolute atomic E-state index is 2.50. The van der Waals surface area contributed by atoms with Crippen molar-refractivity contribution in [3.8, 4) is 0 Å². The van der Waals surface area contributed by atoms with Crippen molar-refractivity contribution < 1.29 is 4.58 Å². The lowest BCUT2D eigenvalue weighted by molar-refractivity contribution is -0.540. The van der Waals surface area contributed by atoms with Gasteiger partial charge in [-0.1, -0.05) is 36.4 Å². The Labute approximate surface area is 122 Å². The van der Waals surface area contributed by atoms with Crippen LogP contribution in [-0.2, 0) is 0 Å². The molecule has 0 saturated heterocycles. The summed E-state index contributed by atoms with van der Waals surface area (Å²) in [6.07, 6.45) is 13.7. The molecule has 1 nitrogen and oxygen atoms in total. The van der Waals surface area contributed by atoms with Crippen LogP contribution in [0.5, 0.6) is 0 Å². The Morgan fingerprint density at radius 1 is 1.15 bits per heavy atom. The summed E-state index contributed by atoms with van der Waals surface area (Å²) < 4.78 is 2.50. The fourth-order valence-corrected chi connectivity index (χ4v) is 3.33. The van der Waals surface area contributed by atoms with Crippen LogP contribution in [0.25, 0.3) is 5.57 Å². The molecule has 1 heterocycles. The average Bonchev–Trinajstić information content (AvgIpc) is 2.56. The SMILES string of the molecule is CC[N+]1=CCC(c2ccccc2)=CC1C1=CCCCC1. The minimum absolute atomic E-state index is 0.490. The Morgan fingerprint density at radius 3 is 2.70 bits per heavy atom. The van der Waals surface area contributed by atoms with Crippen molar-refractivity contribution in [2.45, 2.75) is 45.1 Å². The smallest absolute Gasteiger partial charge is 0.192 e. The summed E-state index contributed by atoms with van der Waals surface area (Å²) in [5, 5.41) is 0. The number of nitrogens with zero attached hydrogens (tertiary/aromatic N) is 1. The van der Waals surface area contributed by atoms with Gasteiger partial charge in [0.1, 0.15) is 12.8 Å². The third-order valence-electron chi connectivity index (χ3n) is 4.48. The molecular weight excluding hydrogens is 242 g/mol. The van der Waals surface area contributed by atoms with Gasteiger partial charge in [0, 0.05) is 0 Å². The van der Waals surface area contributed by atoms with Gasteiger partial charge in [0.15, 0.2) is 6.04 Å². The van der Waals surface area contributed by atoms with Crippen LogP contribution in [0.15, 0.2) is 48.1 Å². The highest BCUT2D eigenvalue weighted by atomic mass is 15.0. The van der Waals surface area contributed by atoms with E-state index in [-0.39, 0.29) is 0 Å². The molecule has 0 fully saturated rings. The highest BCUT2D eigenvalue weighted by molar-refractivity contribution is 5.79. The molecule has 0 amide bonds. The molecule has 3 rings (SSSR count). The van der Waals surface area contributed by atoms with Gasteiger partial charge in [0.05, 0.1) is 6.42 Å². The van der Waals surface area contributed by atoms with Crippen LogP contribution in [-0.4, -0.2) is 23.4 Å². The monoisotopic (exact) mass is 266 g/mol. The molecule has 104 valence electrons. The topological polar surface area (TPSA) is 3.01 Å². The number of hydrogen-bond donors (Lipinski definition) is 0. The van der Waals surface area contributed by atoms with Crippen LogP contribution >= 0.6 is 0 Å². The van der Waals surface area contributed by atoms with E-state index < -0.39 is 0 Å². The first-order valence-corrected chi connectivity index (χ1v) is 7.92. The van der Waals surface area contributed by atoms with Crippen molar-refractivity contribution in [3.63, 3.8) is 0 Å². The predicted octanol–water partition coefficient (Wildman–Crippen LogP) is 4.45. The Hall–Kier alpha value is -1.63. The van der Waals surface area contributed by atoms with E-state index in [9.17, 15) is 0 Å². The van der Waals surface area contributed by atoms with Crippen LogP contribution in [0.2, 0.25) is 0 Å². The number of benzene rings is 1. The van der Waals surface area contributed by atoms with E-state index in [1.807, 2.05) is 0 Å². The van der Waals surface area contributed by atoms with Gasteiger partial charge in [-0.25, -0.2) is 4.58 Å². The second-order valence-corrected chi connectivity index (χ2v) is 5.74. The van der Waals surface area contributed by atoms with Crippen molar-refractivity contribution in [1.29, 1.82) is 0 Å². The number of rotatable bonds is 3. The predicted molar refractivity (Wildman–Crippen MR) is 86.2 cm³/mol. The lowest BCUT2D eigenvalue weighted by atomic mass is 9.89. The maximum atomic E-state index is 2.50. The van der Waals surface area contributed by atoms with E-state index in [1.165, 1.54) is 36.8 Å². The van der Waals surface area contributed by atoms with Gasteiger partial charge in [0.25, 0.3) is 0 Å². The summed E-state index contributed by atoms with van der Waals surface area (Å²) in [4.78, 5) is 0. The molecule has 0 N–H and O–H groups in total. The van der Waals surface area contributed by atoms with Crippen LogP contribution in [0.4, 0.5) is 0 Å². The largest absolute Gasteiger partial charge is 0.229 e. The van der Waals surface area contributed by atoms with Gasteiger partial charge in [-0.3, -0.25) is 0 Å². The summed E-state index contributed by atoms with van der Waals surface area (Å²) in [6, 6.07) is 11.3. The van der Waals surface area contributed by atoms with Crippen molar-refractivity contribution in [3.05, 3.63) is 53.6 Å². The fourth-order valence-electron chi connectivity index (χ4n) is 3.33. The molecule has 1 unspecified atom stereocenters. The van der Waals surface area contributed by atoms with Crippen LogP contribution in [0.3, 0.4) is 0 Å². The summed E-state index contributed by atoms with van der Waals surface area (Å²) in [6.45, 7) is 3.36. The second-order valence-electron chi connectivity index (χ2n) is 5.74.